The van der Waals surface area contributed by atoms with Crippen LogP contribution in [0.4, 0.5) is 0 Å². The Morgan fingerprint density at radius 3 is 3.07 bits per heavy atom. The van der Waals surface area contributed by atoms with Crippen LogP contribution < -0.4 is 5.32 Å². The van der Waals surface area contributed by atoms with Crippen molar-refractivity contribution in [1.29, 1.82) is 0 Å². The van der Waals surface area contributed by atoms with Gasteiger partial charge in [0.05, 0.1) is 13.2 Å². The first-order valence-electron chi connectivity index (χ1n) is 4.87. The normalized spacial score (nSPS) is 20.5. The van der Waals surface area contributed by atoms with Crippen LogP contribution in [0.15, 0.2) is 0 Å². The second kappa shape index (κ2) is 5.67. The van der Waals surface area contributed by atoms with Crippen molar-refractivity contribution in [2.75, 3.05) is 33.4 Å². The SMILES string of the molecule is COCC(C(=O)O)N1CCCNC(=O)C1. The van der Waals surface area contributed by atoms with Crippen LogP contribution in [0.3, 0.4) is 0 Å². The summed E-state index contributed by atoms with van der Waals surface area (Å²) in [5, 5.41) is 11.7. The smallest absolute Gasteiger partial charge is 0.323 e. The van der Waals surface area contributed by atoms with Gasteiger partial charge in [-0.15, -0.1) is 0 Å². The number of methoxy groups -OCH3 is 1. The van der Waals surface area contributed by atoms with E-state index in [4.69, 9.17) is 9.84 Å². The van der Waals surface area contributed by atoms with Gasteiger partial charge in [0.15, 0.2) is 0 Å². The number of nitrogens with one attached hydrogen (secondary N) is 1. The summed E-state index contributed by atoms with van der Waals surface area (Å²) in [5.74, 6) is -1.08. The Balaban J connectivity index is 2.63. The van der Waals surface area contributed by atoms with Gasteiger partial charge in [-0.1, -0.05) is 0 Å². The molecule has 1 amide bonds. The summed E-state index contributed by atoms with van der Waals surface area (Å²) in [6.07, 6.45) is 0.763. The average molecular weight is 216 g/mol. The first kappa shape index (κ1) is 11.9. The van der Waals surface area contributed by atoms with Crippen molar-refractivity contribution < 1.29 is 19.4 Å². The van der Waals surface area contributed by atoms with E-state index < -0.39 is 12.0 Å². The molecule has 86 valence electrons. The van der Waals surface area contributed by atoms with E-state index in [2.05, 4.69) is 5.32 Å². The minimum absolute atomic E-state index is 0.0998. The molecule has 0 saturated carbocycles. The second-order valence-electron chi connectivity index (χ2n) is 3.48. The van der Waals surface area contributed by atoms with E-state index >= 15 is 0 Å². The number of ether oxygens (including phenoxy) is 1. The molecule has 6 heteroatoms. The third-order valence-corrected chi connectivity index (χ3v) is 2.34. The van der Waals surface area contributed by atoms with Gasteiger partial charge < -0.3 is 15.2 Å². The van der Waals surface area contributed by atoms with Crippen LogP contribution >= 0.6 is 0 Å². The zero-order valence-corrected chi connectivity index (χ0v) is 8.73. The number of rotatable bonds is 4. The molecule has 0 spiro atoms. The van der Waals surface area contributed by atoms with E-state index in [0.29, 0.717) is 13.1 Å². The Morgan fingerprint density at radius 1 is 1.73 bits per heavy atom. The standard InChI is InChI=1S/C9H16N2O4/c1-15-6-7(9(13)14)11-4-2-3-10-8(12)5-11/h7H,2-6H2,1H3,(H,10,12)(H,13,14). The van der Waals surface area contributed by atoms with Crippen molar-refractivity contribution in [2.24, 2.45) is 0 Å². The number of carboxylic acids is 1. The molecule has 0 bridgehead atoms. The quantitative estimate of drug-likeness (QED) is 0.624. The highest BCUT2D eigenvalue weighted by Crippen LogP contribution is 2.04. The van der Waals surface area contributed by atoms with Crippen molar-refractivity contribution in [1.82, 2.24) is 10.2 Å². The first-order chi connectivity index (χ1) is 7.15. The zero-order valence-electron chi connectivity index (χ0n) is 8.73. The lowest BCUT2D eigenvalue weighted by Crippen LogP contribution is -2.47. The highest BCUT2D eigenvalue weighted by molar-refractivity contribution is 5.80. The van der Waals surface area contributed by atoms with Gasteiger partial charge in [0.2, 0.25) is 5.91 Å². The van der Waals surface area contributed by atoms with Crippen molar-refractivity contribution in [2.45, 2.75) is 12.5 Å². The van der Waals surface area contributed by atoms with Crippen molar-refractivity contribution in [3.8, 4) is 0 Å². The zero-order chi connectivity index (χ0) is 11.3. The predicted molar refractivity (Wildman–Crippen MR) is 52.5 cm³/mol. The van der Waals surface area contributed by atoms with E-state index in [1.807, 2.05) is 0 Å². The van der Waals surface area contributed by atoms with Crippen molar-refractivity contribution >= 4 is 11.9 Å². The summed E-state index contributed by atoms with van der Waals surface area (Å²) in [6.45, 7) is 1.43. The van der Waals surface area contributed by atoms with Crippen molar-refractivity contribution in [3.05, 3.63) is 0 Å². The van der Waals surface area contributed by atoms with Crippen LogP contribution in [0.2, 0.25) is 0 Å². The lowest BCUT2D eigenvalue weighted by Gasteiger charge is -2.25. The topological polar surface area (TPSA) is 78.9 Å². The summed E-state index contributed by atoms with van der Waals surface area (Å²) in [6, 6.07) is -0.737. The highest BCUT2D eigenvalue weighted by atomic mass is 16.5. The Morgan fingerprint density at radius 2 is 2.47 bits per heavy atom. The number of hydrogen-bond donors (Lipinski definition) is 2. The van der Waals surface area contributed by atoms with E-state index in [1.54, 1.807) is 4.90 Å². The molecular formula is C9H16N2O4. The molecule has 6 nitrogen and oxygen atoms in total. The maximum atomic E-state index is 11.2. The average Bonchev–Trinajstić information content (AvgIpc) is 2.38. The molecule has 2 N–H and O–H groups in total. The number of aliphatic carboxylic acids is 1. The minimum atomic E-state index is -0.952. The van der Waals surface area contributed by atoms with Crippen LogP contribution in [-0.2, 0) is 14.3 Å². The third-order valence-electron chi connectivity index (χ3n) is 2.34. The summed E-state index contributed by atoms with van der Waals surface area (Å²) >= 11 is 0. The Labute approximate surface area is 88.2 Å². The van der Waals surface area contributed by atoms with Crippen LogP contribution in [-0.4, -0.2) is 61.3 Å². The number of hydrogen-bond acceptors (Lipinski definition) is 4. The van der Waals surface area contributed by atoms with Gasteiger partial charge >= 0.3 is 5.97 Å². The fourth-order valence-corrected chi connectivity index (χ4v) is 1.59. The second-order valence-corrected chi connectivity index (χ2v) is 3.48. The van der Waals surface area contributed by atoms with Gasteiger partial charge in [0, 0.05) is 20.2 Å². The lowest BCUT2D eigenvalue weighted by atomic mass is 10.2. The number of carbonyl (C=O) groups is 2. The Bertz CT molecular complexity index is 244. The predicted octanol–water partition coefficient (Wildman–Crippen LogP) is -1.09. The van der Waals surface area contributed by atoms with Gasteiger partial charge in [0.1, 0.15) is 6.04 Å². The lowest BCUT2D eigenvalue weighted by molar-refractivity contribution is -0.145. The van der Waals surface area contributed by atoms with Gasteiger partial charge in [-0.05, 0) is 6.42 Å². The van der Waals surface area contributed by atoms with Crippen LogP contribution in [0.1, 0.15) is 6.42 Å². The van der Waals surface area contributed by atoms with E-state index in [-0.39, 0.29) is 19.1 Å². The molecule has 1 aliphatic heterocycles. The monoisotopic (exact) mass is 216 g/mol. The molecule has 1 saturated heterocycles. The maximum Gasteiger partial charge on any atom is 0.323 e. The van der Waals surface area contributed by atoms with Crippen LogP contribution in [0, 0.1) is 0 Å². The molecule has 0 aliphatic carbocycles. The van der Waals surface area contributed by atoms with E-state index in [9.17, 15) is 9.59 Å². The number of nitrogens with zero attached hydrogens (tertiary/aromatic N) is 1. The van der Waals surface area contributed by atoms with Gasteiger partial charge in [-0.3, -0.25) is 14.5 Å². The molecule has 15 heavy (non-hydrogen) atoms. The molecule has 0 aromatic carbocycles. The molecule has 1 atom stereocenters. The Hall–Kier alpha value is -1.14. The molecule has 1 fully saturated rings. The van der Waals surface area contributed by atoms with Crippen LogP contribution in [0.5, 0.6) is 0 Å². The summed E-state index contributed by atoms with van der Waals surface area (Å²) < 4.78 is 4.84. The summed E-state index contributed by atoms with van der Waals surface area (Å²) in [5.41, 5.74) is 0. The molecule has 0 radical (unpaired) electrons. The fourth-order valence-electron chi connectivity index (χ4n) is 1.59. The van der Waals surface area contributed by atoms with Gasteiger partial charge in [0.25, 0.3) is 0 Å². The molecule has 0 aromatic rings. The molecule has 1 aliphatic rings. The van der Waals surface area contributed by atoms with Crippen molar-refractivity contribution in [3.63, 3.8) is 0 Å². The number of amides is 1. The molecule has 1 rings (SSSR count). The molecule has 1 heterocycles. The maximum absolute atomic E-state index is 11.2. The van der Waals surface area contributed by atoms with E-state index in [1.165, 1.54) is 7.11 Å². The summed E-state index contributed by atoms with van der Waals surface area (Å²) in [4.78, 5) is 23.8. The Kier molecular flexibility index (Phi) is 4.51. The molecular weight excluding hydrogens is 200 g/mol. The number of carboxylic acid groups (broad SMARTS) is 1. The molecule has 1 unspecified atom stereocenters. The highest BCUT2D eigenvalue weighted by Gasteiger charge is 2.28. The van der Waals surface area contributed by atoms with Gasteiger partial charge in [-0.2, -0.15) is 0 Å². The minimum Gasteiger partial charge on any atom is -0.480 e. The summed E-state index contributed by atoms with van der Waals surface area (Å²) in [7, 11) is 1.45. The fraction of sp³-hybridized carbons (Fsp3) is 0.778. The first-order valence-corrected chi connectivity index (χ1v) is 4.87. The van der Waals surface area contributed by atoms with Gasteiger partial charge in [-0.25, -0.2) is 0 Å². The number of carbonyl (C=O) groups excluding carboxylic acids is 1. The van der Waals surface area contributed by atoms with Crippen LogP contribution in [0.25, 0.3) is 0 Å². The van der Waals surface area contributed by atoms with E-state index in [0.717, 1.165) is 6.42 Å². The third kappa shape index (κ3) is 3.49. The largest absolute Gasteiger partial charge is 0.480 e. The molecule has 0 aromatic heterocycles.